The third kappa shape index (κ3) is 4.61. The number of hydrogen-bond acceptors (Lipinski definition) is 4. The molecule has 3 nitrogen and oxygen atoms in total. The molecule has 270 valence electrons. The predicted molar refractivity (Wildman–Crippen MR) is 247 cm³/mol. The standard InChI is InChI=1S/C54H31NO2S/c1-2-9-39-33(8-1)16-17-36-30-38(25-26-40(36)39)55(45-13-7-12-42-41-10-4-6-15-50(41)58-54(42)45)37-23-18-32(19-24-37)35-22-27-47-44(31-35)53-49(57-47)29-21-34-20-28-48-52(51(34)53)43-11-3-5-14-46(43)56-48/h1-31H. The van der Waals surface area contributed by atoms with Gasteiger partial charge in [-0.1, -0.05) is 121 Å². The largest absolute Gasteiger partial charge is 0.456 e. The van der Waals surface area contributed by atoms with Gasteiger partial charge in [-0.25, -0.2) is 0 Å². The first kappa shape index (κ1) is 31.8. The Morgan fingerprint density at radius 2 is 0.966 bits per heavy atom. The van der Waals surface area contributed by atoms with Crippen molar-refractivity contribution in [2.45, 2.75) is 0 Å². The Hall–Kier alpha value is -7.40. The van der Waals surface area contributed by atoms with Crippen molar-refractivity contribution < 1.29 is 8.83 Å². The predicted octanol–water partition coefficient (Wildman–Crippen LogP) is 16.4. The van der Waals surface area contributed by atoms with Gasteiger partial charge in [-0.05, 0) is 105 Å². The van der Waals surface area contributed by atoms with Crippen LogP contribution in [-0.4, -0.2) is 0 Å². The summed E-state index contributed by atoms with van der Waals surface area (Å²) >= 11 is 1.86. The van der Waals surface area contributed by atoms with E-state index >= 15 is 0 Å². The van der Waals surface area contributed by atoms with Crippen LogP contribution in [0.5, 0.6) is 0 Å². The van der Waals surface area contributed by atoms with Crippen molar-refractivity contribution in [3.8, 4) is 11.1 Å². The van der Waals surface area contributed by atoms with Crippen molar-refractivity contribution in [1.29, 1.82) is 0 Å². The van der Waals surface area contributed by atoms with Crippen molar-refractivity contribution in [1.82, 2.24) is 0 Å². The quantitative estimate of drug-likeness (QED) is 0.167. The molecule has 0 saturated heterocycles. The monoisotopic (exact) mass is 757 g/mol. The second kappa shape index (κ2) is 12.1. The van der Waals surface area contributed by atoms with Crippen LogP contribution in [0.3, 0.4) is 0 Å². The fourth-order valence-corrected chi connectivity index (χ4v) is 10.6. The van der Waals surface area contributed by atoms with Crippen LogP contribution < -0.4 is 4.90 Å². The molecule has 0 fully saturated rings. The van der Waals surface area contributed by atoms with Gasteiger partial charge in [-0.15, -0.1) is 11.3 Å². The molecule has 10 aromatic carbocycles. The third-order valence-electron chi connectivity index (χ3n) is 12.0. The molecule has 13 rings (SSSR count). The molecule has 4 heteroatoms. The fourth-order valence-electron chi connectivity index (χ4n) is 9.36. The molecule has 58 heavy (non-hydrogen) atoms. The molecule has 0 aliphatic heterocycles. The topological polar surface area (TPSA) is 29.5 Å². The Balaban J connectivity index is 0.984. The normalized spacial score (nSPS) is 12.1. The number of rotatable bonds is 4. The highest BCUT2D eigenvalue weighted by molar-refractivity contribution is 7.26. The Bertz CT molecular complexity index is 3810. The van der Waals surface area contributed by atoms with Crippen LogP contribution in [0.1, 0.15) is 0 Å². The average molecular weight is 758 g/mol. The third-order valence-corrected chi connectivity index (χ3v) is 13.2. The van der Waals surface area contributed by atoms with E-state index in [4.69, 9.17) is 8.83 Å². The van der Waals surface area contributed by atoms with E-state index in [0.717, 1.165) is 66.4 Å². The molecular weight excluding hydrogens is 727 g/mol. The summed E-state index contributed by atoms with van der Waals surface area (Å²) in [6.45, 7) is 0. The van der Waals surface area contributed by atoms with Gasteiger partial charge in [0.15, 0.2) is 0 Å². The van der Waals surface area contributed by atoms with Crippen LogP contribution >= 0.6 is 11.3 Å². The maximum Gasteiger partial charge on any atom is 0.136 e. The van der Waals surface area contributed by atoms with Crippen molar-refractivity contribution >= 4 is 125 Å². The van der Waals surface area contributed by atoms with Gasteiger partial charge in [-0.3, -0.25) is 0 Å². The van der Waals surface area contributed by atoms with E-state index in [1.54, 1.807) is 0 Å². The minimum atomic E-state index is 0.874. The maximum atomic E-state index is 6.51. The number of anilines is 3. The van der Waals surface area contributed by atoms with Crippen LogP contribution in [0.25, 0.3) is 107 Å². The Morgan fingerprint density at radius 3 is 1.83 bits per heavy atom. The van der Waals surface area contributed by atoms with Crippen LogP contribution in [0, 0.1) is 0 Å². The van der Waals surface area contributed by atoms with E-state index in [1.165, 1.54) is 58.2 Å². The zero-order valence-corrected chi connectivity index (χ0v) is 31.9. The first-order valence-corrected chi connectivity index (χ1v) is 20.5. The lowest BCUT2D eigenvalue weighted by Crippen LogP contribution is -2.10. The lowest BCUT2D eigenvalue weighted by Gasteiger charge is -2.27. The summed E-state index contributed by atoms with van der Waals surface area (Å²) in [6, 6.07) is 67.9. The molecule has 0 N–H and O–H groups in total. The van der Waals surface area contributed by atoms with Crippen molar-refractivity contribution in [2.75, 3.05) is 4.90 Å². The molecule has 0 radical (unpaired) electrons. The van der Waals surface area contributed by atoms with Crippen LogP contribution in [0.2, 0.25) is 0 Å². The van der Waals surface area contributed by atoms with Gasteiger partial charge in [-0.2, -0.15) is 0 Å². The highest BCUT2D eigenvalue weighted by atomic mass is 32.1. The summed E-state index contributed by atoms with van der Waals surface area (Å²) in [5, 5.41) is 14.4. The lowest BCUT2D eigenvalue weighted by atomic mass is 9.97. The van der Waals surface area contributed by atoms with Gasteiger partial charge in [0.1, 0.15) is 22.3 Å². The molecule has 3 heterocycles. The van der Waals surface area contributed by atoms with E-state index in [0.29, 0.717) is 0 Å². The first-order chi connectivity index (χ1) is 28.7. The van der Waals surface area contributed by atoms with E-state index in [2.05, 4.69) is 181 Å². The molecule has 0 unspecified atom stereocenters. The van der Waals surface area contributed by atoms with E-state index in [9.17, 15) is 0 Å². The molecule has 0 amide bonds. The number of nitrogens with zero attached hydrogens (tertiary/aromatic N) is 1. The highest BCUT2D eigenvalue weighted by Crippen LogP contribution is 2.47. The maximum absolute atomic E-state index is 6.51. The zero-order chi connectivity index (χ0) is 37.9. The lowest BCUT2D eigenvalue weighted by molar-refractivity contribution is 0.669. The SMILES string of the molecule is c1ccc2c(c1)ccc1cc(N(c3ccc(-c4ccc5oc6ccc7ccc8oc9ccccc9c8c7c6c5c4)cc3)c3cccc4c3sc3ccccc34)ccc12. The van der Waals surface area contributed by atoms with Crippen LogP contribution in [-0.2, 0) is 0 Å². The fraction of sp³-hybridized carbons (Fsp3) is 0. The molecule has 13 aromatic rings. The molecule has 0 spiro atoms. The summed E-state index contributed by atoms with van der Waals surface area (Å²) in [5.41, 5.74) is 9.20. The zero-order valence-electron chi connectivity index (χ0n) is 31.1. The van der Waals surface area contributed by atoms with Crippen LogP contribution in [0.4, 0.5) is 17.1 Å². The average Bonchev–Trinajstić information content (AvgIpc) is 3.98. The number of furan rings is 2. The Kier molecular flexibility index (Phi) is 6.60. The summed E-state index contributed by atoms with van der Waals surface area (Å²) in [4.78, 5) is 2.43. The van der Waals surface area contributed by atoms with Gasteiger partial charge in [0, 0.05) is 53.8 Å². The van der Waals surface area contributed by atoms with E-state index in [1.807, 2.05) is 23.5 Å². The summed E-state index contributed by atoms with van der Waals surface area (Å²) in [5.74, 6) is 0. The smallest absolute Gasteiger partial charge is 0.136 e. The molecular formula is C54H31NO2S. The van der Waals surface area contributed by atoms with Gasteiger partial charge < -0.3 is 13.7 Å². The first-order valence-electron chi connectivity index (χ1n) is 19.7. The molecule has 0 bridgehead atoms. The second-order valence-electron chi connectivity index (χ2n) is 15.2. The van der Waals surface area contributed by atoms with Crippen molar-refractivity contribution in [3.63, 3.8) is 0 Å². The summed E-state index contributed by atoms with van der Waals surface area (Å²) in [7, 11) is 0. The van der Waals surface area contributed by atoms with Gasteiger partial charge >= 0.3 is 0 Å². The van der Waals surface area contributed by atoms with Gasteiger partial charge in [0.05, 0.1) is 10.4 Å². The minimum absolute atomic E-state index is 0.874. The van der Waals surface area contributed by atoms with Crippen molar-refractivity contribution in [3.05, 3.63) is 188 Å². The van der Waals surface area contributed by atoms with Crippen LogP contribution in [0.15, 0.2) is 197 Å². The second-order valence-corrected chi connectivity index (χ2v) is 16.3. The molecule has 0 atom stereocenters. The number of thiophene rings is 1. The molecule has 3 aromatic heterocycles. The van der Waals surface area contributed by atoms with Crippen molar-refractivity contribution in [2.24, 2.45) is 0 Å². The Morgan fingerprint density at radius 1 is 0.345 bits per heavy atom. The number of para-hydroxylation sites is 1. The molecule has 0 aliphatic carbocycles. The van der Waals surface area contributed by atoms with E-state index in [-0.39, 0.29) is 0 Å². The molecule has 0 aliphatic rings. The number of benzene rings is 10. The number of fused-ring (bicyclic) bond motifs is 15. The Labute approximate surface area is 336 Å². The summed E-state index contributed by atoms with van der Waals surface area (Å²) in [6.07, 6.45) is 0. The van der Waals surface area contributed by atoms with Gasteiger partial charge in [0.2, 0.25) is 0 Å². The minimum Gasteiger partial charge on any atom is -0.456 e. The van der Waals surface area contributed by atoms with E-state index < -0.39 is 0 Å². The van der Waals surface area contributed by atoms with Gasteiger partial charge in [0.25, 0.3) is 0 Å². The summed E-state index contributed by atoms with van der Waals surface area (Å²) < 4.78 is 15.4. The molecule has 0 saturated carbocycles. The number of hydrogen-bond donors (Lipinski definition) is 0. The highest BCUT2D eigenvalue weighted by Gasteiger charge is 2.20.